The van der Waals surface area contributed by atoms with E-state index in [1.165, 1.54) is 18.9 Å². The van der Waals surface area contributed by atoms with E-state index in [-0.39, 0.29) is 69.6 Å². The molecule has 0 aliphatic carbocycles. The van der Waals surface area contributed by atoms with Gasteiger partial charge in [-0.1, -0.05) is 16.8 Å². The Morgan fingerprint density at radius 1 is 1.31 bits per heavy atom. The fourth-order valence-corrected chi connectivity index (χ4v) is 6.65. The predicted molar refractivity (Wildman–Crippen MR) is 135 cm³/mol. The summed E-state index contributed by atoms with van der Waals surface area (Å²) in [5.41, 5.74) is 6.40. The number of amides is 3. The van der Waals surface area contributed by atoms with Gasteiger partial charge < -0.3 is 36.0 Å². The van der Waals surface area contributed by atoms with E-state index in [1.807, 2.05) is 4.90 Å². The van der Waals surface area contributed by atoms with Crippen LogP contribution in [0.2, 0.25) is 0 Å². The van der Waals surface area contributed by atoms with Crippen molar-refractivity contribution in [3.63, 3.8) is 0 Å². The Bertz CT molecular complexity index is 1280. The monoisotopic (exact) mass is 584 g/mol. The van der Waals surface area contributed by atoms with Crippen LogP contribution in [-0.2, 0) is 24.0 Å². The van der Waals surface area contributed by atoms with Gasteiger partial charge in [-0.2, -0.15) is 9.36 Å². The zero-order valence-electron chi connectivity index (χ0n) is 21.3. The van der Waals surface area contributed by atoms with Crippen LogP contribution in [-0.4, -0.2) is 98.5 Å². The van der Waals surface area contributed by atoms with Crippen LogP contribution in [0.25, 0.3) is 0 Å². The topological polar surface area (TPSA) is 195 Å². The van der Waals surface area contributed by atoms with Crippen LogP contribution >= 0.6 is 23.3 Å². The van der Waals surface area contributed by atoms with Crippen LogP contribution in [0, 0.1) is 0 Å². The number of nitrogens with one attached hydrogen (secondary N) is 2. The first-order valence-electron chi connectivity index (χ1n) is 11.9. The average molecular weight is 585 g/mol. The van der Waals surface area contributed by atoms with Gasteiger partial charge in [0, 0.05) is 36.9 Å². The Hall–Kier alpha value is -2.50. The number of hydrogen-bond donors (Lipinski definition) is 3. The van der Waals surface area contributed by atoms with Crippen molar-refractivity contribution in [2.45, 2.75) is 36.7 Å². The molecule has 1 aromatic heterocycles. The minimum atomic E-state index is -1.49. The minimum Gasteiger partial charge on any atom is -0.543 e. The summed E-state index contributed by atoms with van der Waals surface area (Å²) in [6.45, 7) is 1.97. The zero-order chi connectivity index (χ0) is 27.0. The van der Waals surface area contributed by atoms with E-state index in [0.29, 0.717) is 18.5 Å². The average Bonchev–Trinajstić information content (AvgIpc) is 3.67. The van der Waals surface area contributed by atoms with Crippen molar-refractivity contribution in [1.82, 2.24) is 29.8 Å². The Balaban J connectivity index is 0.00000353. The van der Waals surface area contributed by atoms with Crippen molar-refractivity contribution in [2.75, 3.05) is 38.2 Å². The van der Waals surface area contributed by atoms with Gasteiger partial charge in [0.05, 0.1) is 17.7 Å². The molecule has 4 aliphatic heterocycles. The summed E-state index contributed by atoms with van der Waals surface area (Å²) >= 11 is 2.18. The molecule has 39 heavy (non-hydrogen) atoms. The van der Waals surface area contributed by atoms with Crippen molar-refractivity contribution in [2.24, 2.45) is 5.16 Å². The number of carbonyl (C=O) groups is 4. The summed E-state index contributed by atoms with van der Waals surface area (Å²) in [4.78, 5) is 62.3. The summed E-state index contributed by atoms with van der Waals surface area (Å²) in [6, 6.07) is -1.34. The third kappa shape index (κ3) is 5.85. The molecule has 3 amide bonds. The first-order chi connectivity index (χ1) is 18.3. The molecule has 3 saturated heterocycles. The number of hydrogen-bond acceptors (Lipinski definition) is 13. The van der Waals surface area contributed by atoms with E-state index < -0.39 is 29.2 Å². The van der Waals surface area contributed by atoms with Gasteiger partial charge in [0.2, 0.25) is 17.4 Å². The van der Waals surface area contributed by atoms with E-state index in [9.17, 15) is 24.3 Å². The van der Waals surface area contributed by atoms with Crippen LogP contribution in [0.5, 0.6) is 0 Å². The molecule has 3 atom stereocenters. The number of carboxylic acids is 1. The molecule has 0 saturated carbocycles. The quantitative estimate of drug-likeness (QED) is 0.120. The number of rotatable bonds is 7. The molecule has 0 bridgehead atoms. The van der Waals surface area contributed by atoms with E-state index in [4.69, 9.17) is 10.6 Å². The Morgan fingerprint density at radius 2 is 2.05 bits per heavy atom. The Kier molecular flexibility index (Phi) is 9.33. The minimum absolute atomic E-state index is 0. The molecule has 17 heteroatoms. The van der Waals surface area contributed by atoms with Crippen LogP contribution < -0.4 is 51.0 Å². The third-order valence-corrected chi connectivity index (χ3v) is 8.51. The van der Waals surface area contributed by atoms with Crippen molar-refractivity contribution >= 4 is 57.8 Å². The van der Waals surface area contributed by atoms with E-state index in [0.717, 1.165) is 47.9 Å². The standard InChI is InChI=1S/C22H26N8O6S2.Na/c1-36-27-13(16-26-22(23)38-28-16)17(31)25-14-19(33)30-15(21(34)35)11(9-37-20(14)30)6-10-7-12(24-8-10)18(32)29-4-2-3-5-29;/h6,12,14,20,24H,2-5,7-9H2,1H3,(H,25,31)(H,34,35)(H2,23,26,28);/q;+1/p-1/b10-6-,27-13-;/t12?,14-,20-;/m1./s1. The van der Waals surface area contributed by atoms with Crippen molar-refractivity contribution in [1.29, 1.82) is 0 Å². The second-order valence-electron chi connectivity index (χ2n) is 9.07. The van der Waals surface area contributed by atoms with Crippen LogP contribution in [0.4, 0.5) is 5.13 Å². The van der Waals surface area contributed by atoms with Crippen molar-refractivity contribution in [3.05, 3.63) is 28.7 Å². The fourth-order valence-electron chi connectivity index (χ4n) is 4.91. The summed E-state index contributed by atoms with van der Waals surface area (Å²) < 4.78 is 3.94. The van der Waals surface area contributed by atoms with Crippen LogP contribution in [0.1, 0.15) is 25.1 Å². The maximum absolute atomic E-state index is 13.0. The molecule has 5 heterocycles. The molecule has 202 valence electrons. The summed E-state index contributed by atoms with van der Waals surface area (Å²) in [5, 5.41) is 21.0. The summed E-state index contributed by atoms with van der Waals surface area (Å²) in [5.74, 6) is -2.56. The first kappa shape index (κ1) is 29.5. The molecule has 0 spiro atoms. The second kappa shape index (κ2) is 12.3. The fraction of sp³-hybridized carbons (Fsp3) is 0.500. The smallest absolute Gasteiger partial charge is 0.543 e. The molecule has 1 aromatic rings. The van der Waals surface area contributed by atoms with Gasteiger partial charge in [-0.25, -0.2) is 0 Å². The number of carboxylic acid groups (broad SMARTS) is 1. The number of anilines is 1. The largest absolute Gasteiger partial charge is 1.00 e. The Labute approximate surface area is 253 Å². The number of aromatic nitrogens is 2. The predicted octanol–water partition coefficient (Wildman–Crippen LogP) is -5.21. The van der Waals surface area contributed by atoms with Gasteiger partial charge in [0.1, 0.15) is 18.5 Å². The molecule has 4 aliphatic rings. The van der Waals surface area contributed by atoms with Crippen LogP contribution in [0.3, 0.4) is 0 Å². The number of allylic oxidation sites excluding steroid dienone is 1. The first-order valence-corrected chi connectivity index (χ1v) is 13.7. The van der Waals surface area contributed by atoms with E-state index >= 15 is 0 Å². The van der Waals surface area contributed by atoms with Gasteiger partial charge in [0.25, 0.3) is 11.8 Å². The number of likely N-dealkylation sites (tertiary alicyclic amines) is 1. The number of thioether (sulfide) groups is 1. The van der Waals surface area contributed by atoms with Gasteiger partial charge in [-0.3, -0.25) is 19.3 Å². The normalized spacial score (nSPS) is 25.8. The second-order valence-corrected chi connectivity index (χ2v) is 11.0. The molecule has 0 aromatic carbocycles. The van der Waals surface area contributed by atoms with Crippen LogP contribution in [0.15, 0.2) is 28.1 Å². The molecule has 3 fully saturated rings. The van der Waals surface area contributed by atoms with E-state index in [2.05, 4.69) is 25.1 Å². The molecule has 14 nitrogen and oxygen atoms in total. The van der Waals surface area contributed by atoms with Gasteiger partial charge >= 0.3 is 29.6 Å². The van der Waals surface area contributed by atoms with Gasteiger partial charge in [-0.05, 0) is 24.8 Å². The number of carbonyl (C=O) groups excluding carboxylic acids is 4. The molecule has 5 rings (SSSR count). The number of β-lactam (4-membered cyclic amide) rings is 1. The maximum Gasteiger partial charge on any atom is 1.00 e. The SMILES string of the molecule is CO/N=C(\C(=O)N[C@@H]1C(=O)N2C(C(=O)[O-])=C(/C=C3\CNC(C(=O)N4CCCC4)C3)CS[C@H]12)c1nsc(N)n1.[Na+]. The molecular formula is C22H25N8NaO6S2. The zero-order valence-corrected chi connectivity index (χ0v) is 25.0. The number of aliphatic carboxylic acids is 1. The molecule has 0 radical (unpaired) electrons. The molecule has 1 unspecified atom stereocenters. The maximum atomic E-state index is 13.0. The summed E-state index contributed by atoms with van der Waals surface area (Å²) in [6.07, 6.45) is 4.21. The summed E-state index contributed by atoms with van der Waals surface area (Å²) in [7, 11) is 1.24. The van der Waals surface area contributed by atoms with E-state index in [1.54, 1.807) is 6.08 Å². The van der Waals surface area contributed by atoms with Gasteiger partial charge in [-0.15, -0.1) is 11.8 Å². The number of nitrogens with zero attached hydrogens (tertiary/aromatic N) is 5. The molecule has 4 N–H and O–H groups in total. The van der Waals surface area contributed by atoms with Crippen molar-refractivity contribution in [3.8, 4) is 0 Å². The number of nitrogens with two attached hydrogens (primary N) is 1. The Morgan fingerprint density at radius 3 is 2.69 bits per heavy atom. The third-order valence-electron chi connectivity index (χ3n) is 6.66. The number of nitrogen functional groups attached to an aromatic ring is 1. The van der Waals surface area contributed by atoms with Crippen molar-refractivity contribution < 1.29 is 58.7 Å². The van der Waals surface area contributed by atoms with Gasteiger partial charge in [0.15, 0.2) is 5.13 Å². The number of oxime groups is 1. The molecular weight excluding hydrogens is 559 g/mol. The number of fused-ring (bicyclic) bond motifs is 1.